The highest BCUT2D eigenvalue weighted by Crippen LogP contribution is 2.20. The minimum atomic E-state index is -0.271. The lowest BCUT2D eigenvalue weighted by Crippen LogP contribution is -2.31. The predicted molar refractivity (Wildman–Crippen MR) is 102 cm³/mol. The lowest BCUT2D eigenvalue weighted by atomic mass is 10.0. The van der Waals surface area contributed by atoms with Crippen LogP contribution in [0, 0.1) is 0 Å². The average molecular weight is 346 g/mol. The van der Waals surface area contributed by atoms with E-state index in [-0.39, 0.29) is 11.9 Å². The average Bonchev–Trinajstić information content (AvgIpc) is 2.69. The van der Waals surface area contributed by atoms with Gasteiger partial charge in [0.05, 0.1) is 24.8 Å². The number of carbonyl (C=O) groups is 1. The number of rotatable bonds is 7. The van der Waals surface area contributed by atoms with Gasteiger partial charge in [0.2, 0.25) is 5.91 Å². The first-order chi connectivity index (χ1) is 12.8. The Bertz CT molecular complexity index is 778. The van der Waals surface area contributed by atoms with Crippen LogP contribution in [0.15, 0.2) is 79.0 Å². The molecule has 0 spiro atoms. The summed E-state index contributed by atoms with van der Waals surface area (Å²) in [6.07, 6.45) is 2.05. The van der Waals surface area contributed by atoms with Gasteiger partial charge in [-0.3, -0.25) is 9.78 Å². The zero-order valence-corrected chi connectivity index (χ0v) is 14.8. The van der Waals surface area contributed by atoms with Gasteiger partial charge in [0.25, 0.3) is 0 Å². The van der Waals surface area contributed by atoms with Crippen molar-refractivity contribution in [3.63, 3.8) is 0 Å². The van der Waals surface area contributed by atoms with Gasteiger partial charge in [-0.1, -0.05) is 48.5 Å². The van der Waals surface area contributed by atoms with E-state index < -0.39 is 0 Å². The fourth-order valence-electron chi connectivity index (χ4n) is 2.79. The molecule has 1 N–H and O–H groups in total. The summed E-state index contributed by atoms with van der Waals surface area (Å²) in [4.78, 5) is 17.0. The molecule has 1 heterocycles. The molecule has 2 aromatic carbocycles. The number of hydrogen-bond donors (Lipinski definition) is 1. The van der Waals surface area contributed by atoms with Crippen molar-refractivity contribution in [1.29, 1.82) is 0 Å². The van der Waals surface area contributed by atoms with E-state index in [4.69, 9.17) is 4.74 Å². The zero-order valence-electron chi connectivity index (χ0n) is 14.8. The van der Waals surface area contributed by atoms with Crippen molar-refractivity contribution in [3.8, 4) is 5.75 Å². The quantitative estimate of drug-likeness (QED) is 0.705. The van der Waals surface area contributed by atoms with E-state index in [1.54, 1.807) is 6.20 Å². The van der Waals surface area contributed by atoms with E-state index in [2.05, 4.69) is 10.3 Å². The number of amides is 1. The smallest absolute Gasteiger partial charge is 0.225 e. The van der Waals surface area contributed by atoms with E-state index >= 15 is 0 Å². The van der Waals surface area contributed by atoms with E-state index in [1.807, 2.05) is 79.7 Å². The van der Waals surface area contributed by atoms with Gasteiger partial charge < -0.3 is 10.1 Å². The number of pyridine rings is 1. The molecular formula is C22H22N2O2. The standard InChI is InChI=1S/C22H22N2O2/c1-2-26-19-13-11-17(12-14-19)16-21(25)24-22(18-8-4-3-5-9-18)20-10-6-7-15-23-20/h3-15,22H,2,16H2,1H3,(H,24,25). The van der Waals surface area contributed by atoms with E-state index in [0.29, 0.717) is 13.0 Å². The molecule has 0 saturated heterocycles. The molecule has 4 nitrogen and oxygen atoms in total. The molecule has 0 bridgehead atoms. The van der Waals surface area contributed by atoms with Crippen molar-refractivity contribution in [2.24, 2.45) is 0 Å². The summed E-state index contributed by atoms with van der Waals surface area (Å²) in [6.45, 7) is 2.57. The summed E-state index contributed by atoms with van der Waals surface area (Å²) in [5.74, 6) is 0.765. The minimum Gasteiger partial charge on any atom is -0.494 e. The molecule has 0 radical (unpaired) electrons. The van der Waals surface area contributed by atoms with Crippen LogP contribution in [0.1, 0.15) is 29.8 Å². The molecule has 3 rings (SSSR count). The molecule has 1 aromatic heterocycles. The number of ether oxygens (including phenoxy) is 1. The molecule has 0 aliphatic heterocycles. The first kappa shape index (κ1) is 17.7. The van der Waals surface area contributed by atoms with Crippen LogP contribution in [-0.2, 0) is 11.2 Å². The molecule has 0 saturated carbocycles. The summed E-state index contributed by atoms with van der Waals surface area (Å²) in [6, 6.07) is 22.9. The highest BCUT2D eigenvalue weighted by molar-refractivity contribution is 5.79. The molecular weight excluding hydrogens is 324 g/mol. The Morgan fingerprint density at radius 3 is 2.38 bits per heavy atom. The number of hydrogen-bond acceptors (Lipinski definition) is 3. The molecule has 26 heavy (non-hydrogen) atoms. The first-order valence-corrected chi connectivity index (χ1v) is 8.73. The van der Waals surface area contributed by atoms with Crippen LogP contribution >= 0.6 is 0 Å². The third-order valence-electron chi connectivity index (χ3n) is 4.02. The lowest BCUT2D eigenvalue weighted by Gasteiger charge is -2.19. The normalized spacial score (nSPS) is 11.6. The van der Waals surface area contributed by atoms with Crippen LogP contribution in [0.5, 0.6) is 5.75 Å². The predicted octanol–water partition coefficient (Wildman–Crippen LogP) is 3.93. The van der Waals surface area contributed by atoms with Crippen molar-refractivity contribution in [3.05, 3.63) is 95.8 Å². The van der Waals surface area contributed by atoms with Crippen molar-refractivity contribution in [1.82, 2.24) is 10.3 Å². The van der Waals surface area contributed by atoms with Crippen LogP contribution in [0.4, 0.5) is 0 Å². The molecule has 132 valence electrons. The summed E-state index contributed by atoms with van der Waals surface area (Å²) < 4.78 is 5.44. The molecule has 1 atom stereocenters. The van der Waals surface area contributed by atoms with Gasteiger partial charge in [0.1, 0.15) is 5.75 Å². The fourth-order valence-corrected chi connectivity index (χ4v) is 2.79. The van der Waals surface area contributed by atoms with Gasteiger partial charge >= 0.3 is 0 Å². The molecule has 1 amide bonds. The van der Waals surface area contributed by atoms with Gasteiger partial charge in [0, 0.05) is 6.20 Å². The molecule has 1 unspecified atom stereocenters. The second-order valence-corrected chi connectivity index (χ2v) is 5.92. The lowest BCUT2D eigenvalue weighted by molar-refractivity contribution is -0.121. The molecule has 0 aliphatic carbocycles. The Labute approximate surface area is 153 Å². The van der Waals surface area contributed by atoms with Crippen molar-refractivity contribution >= 4 is 5.91 Å². The maximum absolute atomic E-state index is 12.6. The number of carbonyl (C=O) groups excluding carboxylic acids is 1. The number of nitrogens with zero attached hydrogens (tertiary/aromatic N) is 1. The summed E-state index contributed by atoms with van der Waals surface area (Å²) >= 11 is 0. The maximum atomic E-state index is 12.6. The summed E-state index contributed by atoms with van der Waals surface area (Å²) in [7, 11) is 0. The Hall–Kier alpha value is -3.14. The van der Waals surface area contributed by atoms with Gasteiger partial charge in [-0.05, 0) is 42.3 Å². The molecule has 0 fully saturated rings. The van der Waals surface area contributed by atoms with Gasteiger partial charge in [-0.15, -0.1) is 0 Å². The molecule has 3 aromatic rings. The molecule has 4 heteroatoms. The molecule has 0 aliphatic rings. The van der Waals surface area contributed by atoms with E-state index in [1.165, 1.54) is 0 Å². The SMILES string of the molecule is CCOc1ccc(CC(=O)NC(c2ccccc2)c2ccccn2)cc1. The number of nitrogens with one attached hydrogen (secondary N) is 1. The Morgan fingerprint density at radius 1 is 1.00 bits per heavy atom. The minimum absolute atomic E-state index is 0.0475. The van der Waals surface area contributed by atoms with Crippen LogP contribution < -0.4 is 10.1 Å². The van der Waals surface area contributed by atoms with Crippen LogP contribution in [0.2, 0.25) is 0 Å². The first-order valence-electron chi connectivity index (χ1n) is 8.73. The Balaban J connectivity index is 1.73. The Morgan fingerprint density at radius 2 is 1.73 bits per heavy atom. The summed E-state index contributed by atoms with van der Waals surface area (Å²) in [5, 5.41) is 3.11. The number of benzene rings is 2. The number of aromatic nitrogens is 1. The highest BCUT2D eigenvalue weighted by atomic mass is 16.5. The van der Waals surface area contributed by atoms with Crippen LogP contribution in [0.25, 0.3) is 0 Å². The topological polar surface area (TPSA) is 51.2 Å². The van der Waals surface area contributed by atoms with Crippen LogP contribution in [0.3, 0.4) is 0 Å². The largest absolute Gasteiger partial charge is 0.494 e. The monoisotopic (exact) mass is 346 g/mol. The third-order valence-corrected chi connectivity index (χ3v) is 4.02. The maximum Gasteiger partial charge on any atom is 0.225 e. The second kappa shape index (κ2) is 8.81. The van der Waals surface area contributed by atoms with E-state index in [0.717, 1.165) is 22.6 Å². The van der Waals surface area contributed by atoms with Crippen molar-refractivity contribution < 1.29 is 9.53 Å². The zero-order chi connectivity index (χ0) is 18.2. The second-order valence-electron chi connectivity index (χ2n) is 5.92. The van der Waals surface area contributed by atoms with Crippen molar-refractivity contribution in [2.45, 2.75) is 19.4 Å². The van der Waals surface area contributed by atoms with Crippen LogP contribution in [-0.4, -0.2) is 17.5 Å². The van der Waals surface area contributed by atoms with Crippen molar-refractivity contribution in [2.75, 3.05) is 6.61 Å². The van der Waals surface area contributed by atoms with Gasteiger partial charge in [0.15, 0.2) is 0 Å². The van der Waals surface area contributed by atoms with Gasteiger partial charge in [-0.25, -0.2) is 0 Å². The fraction of sp³-hybridized carbons (Fsp3) is 0.182. The summed E-state index contributed by atoms with van der Waals surface area (Å²) in [5.41, 5.74) is 2.77. The highest BCUT2D eigenvalue weighted by Gasteiger charge is 2.17. The third kappa shape index (κ3) is 4.70. The Kier molecular flexibility index (Phi) is 5.99. The van der Waals surface area contributed by atoms with E-state index in [9.17, 15) is 4.79 Å². The van der Waals surface area contributed by atoms with Gasteiger partial charge in [-0.2, -0.15) is 0 Å².